The number of ketones is 1. The molecule has 0 heterocycles. The Hall–Kier alpha value is -0.370. The number of Topliss-reactive ketones (excluding diaryl/α,β-unsaturated/α-hetero) is 1. The Morgan fingerprint density at radius 2 is 1.60 bits per heavy atom. The van der Waals surface area contributed by atoms with E-state index in [-0.39, 0.29) is 0 Å². The molecule has 0 aliphatic carbocycles. The highest BCUT2D eigenvalue weighted by Crippen LogP contribution is 2.13. The van der Waals surface area contributed by atoms with Crippen LogP contribution < -0.4 is 0 Å². The van der Waals surface area contributed by atoms with Crippen LogP contribution in [0.25, 0.3) is 0 Å². The fourth-order valence-electron chi connectivity index (χ4n) is 1.82. The molecule has 0 fully saturated rings. The Morgan fingerprint density at radius 3 is 2.00 bits per heavy atom. The third-order valence-corrected chi connectivity index (χ3v) is 3.27. The summed E-state index contributed by atoms with van der Waals surface area (Å²) in [6.07, 6.45) is 3.79. The van der Waals surface area contributed by atoms with E-state index in [9.17, 15) is 4.79 Å². The minimum atomic E-state index is 0.440. The molecule has 0 amide bonds. The molecule has 0 bridgehead atoms. The number of carbonyl (C=O) groups excluding carboxylic acids is 1. The van der Waals surface area contributed by atoms with Crippen molar-refractivity contribution in [3.8, 4) is 0 Å². The van der Waals surface area contributed by atoms with Crippen LogP contribution in [-0.2, 0) is 4.79 Å². The largest absolute Gasteiger partial charge is 0.303 e. The molecule has 0 unspecified atom stereocenters. The maximum Gasteiger partial charge on any atom is 0.134 e. The van der Waals surface area contributed by atoms with Crippen LogP contribution in [-0.4, -0.2) is 30.3 Å². The Bertz CT molecular complexity index is 160. The molecule has 0 aromatic heterocycles. The minimum absolute atomic E-state index is 0.440. The molecule has 0 rings (SSSR count). The monoisotopic (exact) mass is 213 g/mol. The average molecular weight is 213 g/mol. The summed E-state index contributed by atoms with van der Waals surface area (Å²) in [5.74, 6) is 1.05. The SMILES string of the molecule is CCC(CC)CC(=O)CCN(CC)CC. The van der Waals surface area contributed by atoms with E-state index >= 15 is 0 Å². The van der Waals surface area contributed by atoms with Gasteiger partial charge < -0.3 is 4.90 Å². The summed E-state index contributed by atoms with van der Waals surface area (Å²) in [6, 6.07) is 0. The van der Waals surface area contributed by atoms with Gasteiger partial charge in [-0.3, -0.25) is 4.79 Å². The van der Waals surface area contributed by atoms with Gasteiger partial charge in [0, 0.05) is 19.4 Å². The summed E-state index contributed by atoms with van der Waals surface area (Å²) < 4.78 is 0. The van der Waals surface area contributed by atoms with E-state index in [0.29, 0.717) is 11.7 Å². The van der Waals surface area contributed by atoms with Crippen LogP contribution >= 0.6 is 0 Å². The van der Waals surface area contributed by atoms with Gasteiger partial charge in [-0.15, -0.1) is 0 Å². The smallest absolute Gasteiger partial charge is 0.134 e. The van der Waals surface area contributed by atoms with Gasteiger partial charge in [-0.1, -0.05) is 40.5 Å². The highest BCUT2D eigenvalue weighted by Gasteiger charge is 2.11. The average Bonchev–Trinajstić information content (AvgIpc) is 2.27. The van der Waals surface area contributed by atoms with Crippen molar-refractivity contribution in [3.05, 3.63) is 0 Å². The van der Waals surface area contributed by atoms with Crippen molar-refractivity contribution in [2.45, 2.75) is 53.4 Å². The topological polar surface area (TPSA) is 20.3 Å². The third kappa shape index (κ3) is 6.67. The van der Waals surface area contributed by atoms with E-state index in [0.717, 1.165) is 45.3 Å². The molecular weight excluding hydrogens is 186 g/mol. The molecule has 90 valence electrons. The lowest BCUT2D eigenvalue weighted by molar-refractivity contribution is -0.120. The maximum absolute atomic E-state index is 11.7. The highest BCUT2D eigenvalue weighted by molar-refractivity contribution is 5.78. The number of rotatable bonds is 9. The van der Waals surface area contributed by atoms with Gasteiger partial charge in [0.2, 0.25) is 0 Å². The third-order valence-electron chi connectivity index (χ3n) is 3.27. The van der Waals surface area contributed by atoms with Gasteiger partial charge >= 0.3 is 0 Å². The minimum Gasteiger partial charge on any atom is -0.303 e. The molecule has 0 aliphatic rings. The van der Waals surface area contributed by atoms with Gasteiger partial charge in [0.15, 0.2) is 0 Å². The second-order valence-corrected chi connectivity index (χ2v) is 4.20. The van der Waals surface area contributed by atoms with E-state index in [1.807, 2.05) is 0 Å². The second kappa shape index (κ2) is 8.90. The Morgan fingerprint density at radius 1 is 1.07 bits per heavy atom. The van der Waals surface area contributed by atoms with Crippen LogP contribution in [0.4, 0.5) is 0 Å². The first kappa shape index (κ1) is 14.6. The van der Waals surface area contributed by atoms with E-state index < -0.39 is 0 Å². The Balaban J connectivity index is 3.73. The lowest BCUT2D eigenvalue weighted by atomic mass is 9.96. The fourth-order valence-corrected chi connectivity index (χ4v) is 1.82. The van der Waals surface area contributed by atoms with Crippen molar-refractivity contribution >= 4 is 5.78 Å². The summed E-state index contributed by atoms with van der Waals surface area (Å²) >= 11 is 0. The molecule has 0 saturated heterocycles. The van der Waals surface area contributed by atoms with E-state index in [4.69, 9.17) is 0 Å². The van der Waals surface area contributed by atoms with Crippen LogP contribution in [0.3, 0.4) is 0 Å². The van der Waals surface area contributed by atoms with Gasteiger partial charge in [-0.05, 0) is 19.0 Å². The summed E-state index contributed by atoms with van der Waals surface area (Å²) in [5, 5.41) is 0. The first-order chi connectivity index (χ1) is 7.17. The molecule has 0 saturated carbocycles. The highest BCUT2D eigenvalue weighted by atomic mass is 16.1. The lowest BCUT2D eigenvalue weighted by Crippen LogP contribution is -2.26. The molecule has 0 aromatic rings. The molecule has 2 heteroatoms. The molecule has 2 nitrogen and oxygen atoms in total. The van der Waals surface area contributed by atoms with Crippen molar-refractivity contribution in [2.75, 3.05) is 19.6 Å². The maximum atomic E-state index is 11.7. The Kier molecular flexibility index (Phi) is 8.68. The predicted molar refractivity (Wildman–Crippen MR) is 66.1 cm³/mol. The molecule has 15 heavy (non-hydrogen) atoms. The summed E-state index contributed by atoms with van der Waals surface area (Å²) in [6.45, 7) is 11.7. The normalized spacial score (nSPS) is 11.3. The second-order valence-electron chi connectivity index (χ2n) is 4.20. The number of hydrogen-bond acceptors (Lipinski definition) is 2. The molecular formula is C13H27NO. The number of hydrogen-bond donors (Lipinski definition) is 0. The first-order valence-corrected chi connectivity index (χ1v) is 6.41. The Labute approximate surface area is 95.0 Å². The van der Waals surface area contributed by atoms with Crippen molar-refractivity contribution in [1.29, 1.82) is 0 Å². The van der Waals surface area contributed by atoms with Crippen molar-refractivity contribution in [3.63, 3.8) is 0 Å². The van der Waals surface area contributed by atoms with E-state index in [1.165, 1.54) is 0 Å². The fraction of sp³-hybridized carbons (Fsp3) is 0.923. The molecule has 0 spiro atoms. The first-order valence-electron chi connectivity index (χ1n) is 6.41. The van der Waals surface area contributed by atoms with Crippen LogP contribution in [0.1, 0.15) is 53.4 Å². The van der Waals surface area contributed by atoms with Crippen LogP contribution in [0.2, 0.25) is 0 Å². The predicted octanol–water partition coefficient (Wildman–Crippen LogP) is 3.11. The molecule has 0 aromatic carbocycles. The lowest BCUT2D eigenvalue weighted by Gasteiger charge is -2.18. The number of nitrogens with zero attached hydrogens (tertiary/aromatic N) is 1. The zero-order valence-electron chi connectivity index (χ0n) is 10.9. The van der Waals surface area contributed by atoms with Crippen molar-refractivity contribution in [1.82, 2.24) is 4.90 Å². The number of carbonyl (C=O) groups is 1. The van der Waals surface area contributed by atoms with Crippen molar-refractivity contribution in [2.24, 2.45) is 5.92 Å². The summed E-state index contributed by atoms with van der Waals surface area (Å²) in [7, 11) is 0. The van der Waals surface area contributed by atoms with Gasteiger partial charge in [0.25, 0.3) is 0 Å². The van der Waals surface area contributed by atoms with Crippen molar-refractivity contribution < 1.29 is 4.79 Å². The van der Waals surface area contributed by atoms with Crippen LogP contribution in [0.15, 0.2) is 0 Å². The van der Waals surface area contributed by atoms with E-state index in [2.05, 4.69) is 32.6 Å². The van der Waals surface area contributed by atoms with E-state index in [1.54, 1.807) is 0 Å². The molecule has 0 N–H and O–H groups in total. The van der Waals surface area contributed by atoms with Crippen LogP contribution in [0.5, 0.6) is 0 Å². The zero-order chi connectivity index (χ0) is 11.7. The molecule has 0 atom stereocenters. The van der Waals surface area contributed by atoms with Gasteiger partial charge in [0.05, 0.1) is 0 Å². The van der Waals surface area contributed by atoms with Gasteiger partial charge in [0.1, 0.15) is 5.78 Å². The zero-order valence-corrected chi connectivity index (χ0v) is 10.9. The van der Waals surface area contributed by atoms with Gasteiger partial charge in [-0.2, -0.15) is 0 Å². The van der Waals surface area contributed by atoms with Crippen LogP contribution in [0, 0.1) is 5.92 Å². The molecule has 0 radical (unpaired) electrons. The van der Waals surface area contributed by atoms with Gasteiger partial charge in [-0.25, -0.2) is 0 Å². The standard InChI is InChI=1S/C13H27NO/c1-5-12(6-2)11-13(15)9-10-14(7-3)8-4/h12H,5-11H2,1-4H3. The molecule has 0 aliphatic heterocycles. The quantitative estimate of drug-likeness (QED) is 0.586. The summed E-state index contributed by atoms with van der Waals surface area (Å²) in [4.78, 5) is 14.0. The summed E-state index contributed by atoms with van der Waals surface area (Å²) in [5.41, 5.74) is 0.